The van der Waals surface area contributed by atoms with Crippen molar-refractivity contribution in [2.45, 2.75) is 33.7 Å². The number of hydrogen-bond acceptors (Lipinski definition) is 4. The first-order chi connectivity index (χ1) is 10.3. The summed E-state index contributed by atoms with van der Waals surface area (Å²) in [6, 6.07) is 3.62. The molecule has 0 saturated heterocycles. The maximum Gasteiger partial charge on any atom is 0.225 e. The second kappa shape index (κ2) is 8.58. The van der Waals surface area contributed by atoms with Gasteiger partial charge in [0.2, 0.25) is 11.8 Å². The molecule has 22 heavy (non-hydrogen) atoms. The predicted octanol–water partition coefficient (Wildman–Crippen LogP) is 1.81. The van der Waals surface area contributed by atoms with Gasteiger partial charge in [-0.05, 0) is 12.1 Å². The summed E-state index contributed by atoms with van der Waals surface area (Å²) in [4.78, 5) is 25.7. The lowest BCUT2D eigenvalue weighted by molar-refractivity contribution is -0.133. The Labute approximate surface area is 131 Å². The van der Waals surface area contributed by atoms with Crippen LogP contribution in [0.15, 0.2) is 22.8 Å². The van der Waals surface area contributed by atoms with Gasteiger partial charge >= 0.3 is 0 Å². The van der Waals surface area contributed by atoms with Crippen molar-refractivity contribution in [3.63, 3.8) is 0 Å². The summed E-state index contributed by atoms with van der Waals surface area (Å²) in [6.07, 6.45) is 1.84. The number of carbonyl (C=O) groups excluding carboxylic acids is 2. The zero-order valence-corrected chi connectivity index (χ0v) is 13.8. The molecule has 0 spiro atoms. The van der Waals surface area contributed by atoms with E-state index in [-0.39, 0.29) is 18.2 Å². The Morgan fingerprint density at radius 3 is 2.64 bits per heavy atom. The third-order valence-electron chi connectivity index (χ3n) is 3.15. The Morgan fingerprint density at radius 1 is 1.36 bits per heavy atom. The van der Waals surface area contributed by atoms with Gasteiger partial charge in [-0.3, -0.25) is 9.59 Å². The molecule has 124 valence electrons. The van der Waals surface area contributed by atoms with Crippen LogP contribution in [0, 0.1) is 5.41 Å². The smallest absolute Gasteiger partial charge is 0.225 e. The minimum absolute atomic E-state index is 0.0392. The summed E-state index contributed by atoms with van der Waals surface area (Å²) in [5.74, 6) is 0.626. The molecule has 1 aromatic rings. The highest BCUT2D eigenvalue weighted by atomic mass is 16.5. The standard InChI is InChI=1S/C16H26N2O4/c1-16(2,3)15(20)17-8-7-14(19)18(9-11-21-4)12-13-6-5-10-22-13/h5-6,10H,7-9,11-12H2,1-4H3,(H,17,20). The third-order valence-corrected chi connectivity index (χ3v) is 3.15. The number of nitrogens with zero attached hydrogens (tertiary/aromatic N) is 1. The van der Waals surface area contributed by atoms with E-state index in [0.29, 0.717) is 26.2 Å². The fraction of sp³-hybridized carbons (Fsp3) is 0.625. The van der Waals surface area contributed by atoms with Gasteiger partial charge in [0.15, 0.2) is 0 Å². The molecule has 0 aliphatic carbocycles. The van der Waals surface area contributed by atoms with Crippen LogP contribution < -0.4 is 5.32 Å². The lowest BCUT2D eigenvalue weighted by Gasteiger charge is -2.22. The van der Waals surface area contributed by atoms with E-state index in [9.17, 15) is 9.59 Å². The van der Waals surface area contributed by atoms with Crippen LogP contribution in [0.25, 0.3) is 0 Å². The van der Waals surface area contributed by atoms with E-state index >= 15 is 0 Å². The molecule has 1 aromatic heterocycles. The summed E-state index contributed by atoms with van der Waals surface area (Å²) < 4.78 is 10.3. The summed E-state index contributed by atoms with van der Waals surface area (Å²) in [6.45, 7) is 7.20. The highest BCUT2D eigenvalue weighted by Gasteiger charge is 2.21. The zero-order valence-electron chi connectivity index (χ0n) is 13.8. The van der Waals surface area contributed by atoms with Crippen LogP contribution in [0.2, 0.25) is 0 Å². The van der Waals surface area contributed by atoms with Crippen LogP contribution in [-0.4, -0.2) is 43.5 Å². The molecule has 0 atom stereocenters. The lowest BCUT2D eigenvalue weighted by Crippen LogP contribution is -2.39. The molecule has 1 N–H and O–H groups in total. The molecular weight excluding hydrogens is 284 g/mol. The van der Waals surface area contributed by atoms with Crippen molar-refractivity contribution in [1.29, 1.82) is 0 Å². The van der Waals surface area contributed by atoms with E-state index in [1.807, 2.05) is 26.8 Å². The van der Waals surface area contributed by atoms with Gasteiger partial charge in [-0.2, -0.15) is 0 Å². The lowest BCUT2D eigenvalue weighted by atomic mass is 9.96. The van der Waals surface area contributed by atoms with E-state index in [0.717, 1.165) is 5.76 Å². The van der Waals surface area contributed by atoms with Crippen molar-refractivity contribution in [2.24, 2.45) is 5.41 Å². The average molecular weight is 310 g/mol. The molecule has 6 heteroatoms. The molecule has 2 amide bonds. The van der Waals surface area contributed by atoms with Crippen LogP contribution in [0.3, 0.4) is 0 Å². The molecule has 0 aliphatic rings. The summed E-state index contributed by atoms with van der Waals surface area (Å²) in [5, 5.41) is 2.78. The van der Waals surface area contributed by atoms with Crippen molar-refractivity contribution < 1.29 is 18.7 Å². The molecule has 0 unspecified atom stereocenters. The first-order valence-corrected chi connectivity index (χ1v) is 7.42. The highest BCUT2D eigenvalue weighted by molar-refractivity contribution is 5.82. The number of rotatable bonds is 8. The SMILES string of the molecule is COCCN(Cc1ccco1)C(=O)CCNC(=O)C(C)(C)C. The number of methoxy groups -OCH3 is 1. The van der Waals surface area contributed by atoms with Crippen molar-refractivity contribution in [2.75, 3.05) is 26.8 Å². The molecule has 1 rings (SSSR count). The van der Waals surface area contributed by atoms with Gasteiger partial charge < -0.3 is 19.4 Å². The summed E-state index contributed by atoms with van der Waals surface area (Å²) in [5.41, 5.74) is -0.451. The van der Waals surface area contributed by atoms with Crippen LogP contribution >= 0.6 is 0 Å². The van der Waals surface area contributed by atoms with Crippen molar-refractivity contribution in [3.05, 3.63) is 24.2 Å². The molecular formula is C16H26N2O4. The number of furan rings is 1. The Bertz CT molecular complexity index is 463. The average Bonchev–Trinajstić information content (AvgIpc) is 2.95. The number of carbonyl (C=O) groups is 2. The minimum atomic E-state index is -0.451. The van der Waals surface area contributed by atoms with Gasteiger partial charge in [0, 0.05) is 32.0 Å². The Hall–Kier alpha value is -1.82. The topological polar surface area (TPSA) is 71.8 Å². The molecule has 0 aliphatic heterocycles. The molecule has 0 saturated carbocycles. The van der Waals surface area contributed by atoms with Crippen molar-refractivity contribution in [1.82, 2.24) is 10.2 Å². The molecule has 0 fully saturated rings. The number of amides is 2. The molecule has 0 aromatic carbocycles. The van der Waals surface area contributed by atoms with E-state index in [4.69, 9.17) is 9.15 Å². The highest BCUT2D eigenvalue weighted by Crippen LogP contribution is 2.12. The first-order valence-electron chi connectivity index (χ1n) is 7.42. The Morgan fingerprint density at radius 2 is 2.09 bits per heavy atom. The second-order valence-corrected chi connectivity index (χ2v) is 6.14. The Balaban J connectivity index is 2.47. The van der Waals surface area contributed by atoms with E-state index < -0.39 is 5.41 Å². The molecule has 6 nitrogen and oxygen atoms in total. The molecule has 0 bridgehead atoms. The van der Waals surface area contributed by atoms with Crippen LogP contribution in [-0.2, 0) is 20.9 Å². The number of hydrogen-bond donors (Lipinski definition) is 1. The molecule has 1 heterocycles. The van der Waals surface area contributed by atoms with Gasteiger partial charge in [0.1, 0.15) is 5.76 Å². The molecule has 0 radical (unpaired) electrons. The third kappa shape index (κ3) is 6.30. The monoisotopic (exact) mass is 310 g/mol. The van der Waals surface area contributed by atoms with E-state index in [1.165, 1.54) is 0 Å². The van der Waals surface area contributed by atoms with Gasteiger partial charge in [-0.1, -0.05) is 20.8 Å². The predicted molar refractivity (Wildman–Crippen MR) is 83.1 cm³/mol. The number of nitrogens with one attached hydrogen (secondary N) is 1. The van der Waals surface area contributed by atoms with Crippen LogP contribution in [0.5, 0.6) is 0 Å². The Kier molecular flexibility index (Phi) is 7.11. The van der Waals surface area contributed by atoms with Gasteiger partial charge in [-0.25, -0.2) is 0 Å². The quantitative estimate of drug-likeness (QED) is 0.795. The van der Waals surface area contributed by atoms with E-state index in [1.54, 1.807) is 24.3 Å². The first kappa shape index (κ1) is 18.2. The van der Waals surface area contributed by atoms with Crippen LogP contribution in [0.4, 0.5) is 0 Å². The normalized spacial score (nSPS) is 11.3. The zero-order chi connectivity index (χ0) is 16.6. The summed E-state index contributed by atoms with van der Waals surface area (Å²) in [7, 11) is 1.60. The maximum absolute atomic E-state index is 12.3. The van der Waals surface area contributed by atoms with Gasteiger partial charge in [0.25, 0.3) is 0 Å². The van der Waals surface area contributed by atoms with Gasteiger partial charge in [-0.15, -0.1) is 0 Å². The second-order valence-electron chi connectivity index (χ2n) is 6.14. The van der Waals surface area contributed by atoms with Crippen molar-refractivity contribution in [3.8, 4) is 0 Å². The maximum atomic E-state index is 12.3. The fourth-order valence-corrected chi connectivity index (χ4v) is 1.79. The summed E-state index contributed by atoms with van der Waals surface area (Å²) >= 11 is 0. The van der Waals surface area contributed by atoms with Crippen LogP contribution in [0.1, 0.15) is 33.0 Å². The van der Waals surface area contributed by atoms with Crippen molar-refractivity contribution >= 4 is 11.8 Å². The fourth-order valence-electron chi connectivity index (χ4n) is 1.79. The largest absolute Gasteiger partial charge is 0.467 e. The minimum Gasteiger partial charge on any atom is -0.467 e. The van der Waals surface area contributed by atoms with E-state index in [2.05, 4.69) is 5.32 Å². The number of ether oxygens (including phenoxy) is 1. The van der Waals surface area contributed by atoms with Gasteiger partial charge in [0.05, 0.1) is 19.4 Å².